The number of ketones is 2. The molecule has 0 fully saturated rings. The van der Waals surface area contributed by atoms with Crippen LogP contribution in [0.4, 0.5) is 0 Å². The first-order chi connectivity index (χ1) is 12.2. The largest absolute Gasteiger partial charge is 0.293 e. The van der Waals surface area contributed by atoms with E-state index in [4.69, 9.17) is 0 Å². The molecule has 0 N–H and O–H groups in total. The molecule has 122 valence electrons. The molecule has 2 nitrogen and oxygen atoms in total. The highest BCUT2D eigenvalue weighted by Gasteiger charge is 2.52. The van der Waals surface area contributed by atoms with Crippen molar-refractivity contribution < 1.29 is 9.59 Å². The molecule has 0 aliphatic heterocycles. The Kier molecular flexibility index (Phi) is 3.81. The molecule has 25 heavy (non-hydrogen) atoms. The zero-order valence-electron chi connectivity index (χ0n) is 13.8. The maximum atomic E-state index is 13.3. The zero-order chi connectivity index (χ0) is 17.3. The van der Waals surface area contributed by atoms with Gasteiger partial charge in [0.05, 0.1) is 0 Å². The lowest BCUT2D eigenvalue weighted by atomic mass is 9.72. The number of hydrogen-bond acceptors (Lipinski definition) is 2. The summed E-state index contributed by atoms with van der Waals surface area (Å²) in [5, 5.41) is 0. The van der Waals surface area contributed by atoms with E-state index in [2.05, 4.69) is 0 Å². The van der Waals surface area contributed by atoms with Gasteiger partial charge in [-0.25, -0.2) is 0 Å². The summed E-state index contributed by atoms with van der Waals surface area (Å²) in [7, 11) is 0. The van der Waals surface area contributed by atoms with Crippen molar-refractivity contribution in [3.63, 3.8) is 0 Å². The highest BCUT2D eigenvalue weighted by atomic mass is 16.2. The van der Waals surface area contributed by atoms with Gasteiger partial charge in [0.25, 0.3) is 0 Å². The van der Waals surface area contributed by atoms with Gasteiger partial charge in [0.15, 0.2) is 11.6 Å². The third kappa shape index (κ3) is 2.60. The van der Waals surface area contributed by atoms with Gasteiger partial charge >= 0.3 is 0 Å². The summed E-state index contributed by atoms with van der Waals surface area (Å²) in [6.45, 7) is 0. The van der Waals surface area contributed by atoms with Gasteiger partial charge in [-0.2, -0.15) is 0 Å². The Morgan fingerprint density at radius 3 is 1.28 bits per heavy atom. The van der Waals surface area contributed by atoms with Gasteiger partial charge in [-0.1, -0.05) is 84.9 Å². The minimum atomic E-state index is -1.05. The summed E-state index contributed by atoms with van der Waals surface area (Å²) in [5.41, 5.74) is 2.08. The Hall–Kier alpha value is -3.00. The van der Waals surface area contributed by atoms with Crippen molar-refractivity contribution in [3.8, 4) is 0 Å². The van der Waals surface area contributed by atoms with E-state index < -0.39 is 5.41 Å². The quantitative estimate of drug-likeness (QED) is 0.660. The maximum absolute atomic E-state index is 13.3. The first-order valence-electron chi connectivity index (χ1n) is 8.47. The van der Waals surface area contributed by atoms with Gasteiger partial charge in [-0.05, 0) is 24.0 Å². The molecule has 0 heterocycles. The van der Waals surface area contributed by atoms with Crippen LogP contribution in [-0.4, -0.2) is 11.6 Å². The fraction of sp³-hybridized carbons (Fsp3) is 0.130. The third-order valence-corrected chi connectivity index (χ3v) is 4.98. The molecule has 1 aliphatic carbocycles. The molecule has 0 saturated carbocycles. The lowest BCUT2D eigenvalue weighted by Crippen LogP contribution is -2.38. The van der Waals surface area contributed by atoms with Gasteiger partial charge in [-0.3, -0.25) is 9.59 Å². The van der Waals surface area contributed by atoms with Crippen molar-refractivity contribution >= 4 is 11.6 Å². The minimum absolute atomic E-state index is 0.0548. The average molecular weight is 326 g/mol. The van der Waals surface area contributed by atoms with E-state index >= 15 is 0 Å². The molecule has 3 aromatic carbocycles. The van der Waals surface area contributed by atoms with Crippen LogP contribution in [0.3, 0.4) is 0 Å². The first kappa shape index (κ1) is 15.5. The predicted molar refractivity (Wildman–Crippen MR) is 97.8 cm³/mol. The van der Waals surface area contributed by atoms with Crippen LogP contribution >= 0.6 is 0 Å². The molecular weight excluding hydrogens is 308 g/mol. The highest BCUT2D eigenvalue weighted by Crippen LogP contribution is 2.42. The molecule has 0 radical (unpaired) electrons. The molecule has 1 aliphatic rings. The van der Waals surface area contributed by atoms with E-state index in [1.165, 1.54) is 0 Å². The van der Waals surface area contributed by atoms with Gasteiger partial charge in [-0.15, -0.1) is 0 Å². The topological polar surface area (TPSA) is 34.1 Å². The van der Waals surface area contributed by atoms with Gasteiger partial charge in [0, 0.05) is 11.1 Å². The van der Waals surface area contributed by atoms with E-state index in [9.17, 15) is 9.59 Å². The Bertz CT molecular complexity index is 848. The number of Topliss-reactive ketones (excluding diaryl/α,β-unsaturated/α-hetero) is 2. The van der Waals surface area contributed by atoms with Crippen molar-refractivity contribution in [2.75, 3.05) is 0 Å². The molecule has 0 bridgehead atoms. The molecular formula is C23H18O2. The SMILES string of the molecule is O=C1c2ccccc2C(=O)C1(Cc1ccccc1)Cc1ccccc1. The second-order valence-electron chi connectivity index (χ2n) is 6.61. The summed E-state index contributed by atoms with van der Waals surface area (Å²) in [6, 6.07) is 26.8. The molecule has 2 heteroatoms. The maximum Gasteiger partial charge on any atom is 0.178 e. The summed E-state index contributed by atoms with van der Waals surface area (Å²) in [6.07, 6.45) is 0.851. The molecule has 4 rings (SSSR count). The van der Waals surface area contributed by atoms with Crippen molar-refractivity contribution in [2.45, 2.75) is 12.8 Å². The smallest absolute Gasteiger partial charge is 0.178 e. The molecule has 0 amide bonds. The van der Waals surface area contributed by atoms with Crippen LogP contribution in [0.1, 0.15) is 31.8 Å². The predicted octanol–water partition coefficient (Wildman–Crippen LogP) is 4.54. The zero-order valence-corrected chi connectivity index (χ0v) is 13.8. The lowest BCUT2D eigenvalue weighted by Gasteiger charge is -2.26. The van der Waals surface area contributed by atoms with Crippen LogP contribution < -0.4 is 0 Å². The Morgan fingerprint density at radius 1 is 0.520 bits per heavy atom. The van der Waals surface area contributed by atoms with Crippen molar-refractivity contribution in [2.24, 2.45) is 5.41 Å². The van der Waals surface area contributed by atoms with Crippen molar-refractivity contribution in [1.82, 2.24) is 0 Å². The van der Waals surface area contributed by atoms with Gasteiger partial charge in [0.2, 0.25) is 0 Å². The van der Waals surface area contributed by atoms with Crippen molar-refractivity contribution in [3.05, 3.63) is 107 Å². The fourth-order valence-electron chi connectivity index (χ4n) is 3.77. The first-order valence-corrected chi connectivity index (χ1v) is 8.47. The summed E-state index contributed by atoms with van der Waals surface area (Å²) < 4.78 is 0. The van der Waals surface area contributed by atoms with Gasteiger partial charge in [0.1, 0.15) is 5.41 Å². The summed E-state index contributed by atoms with van der Waals surface area (Å²) in [4.78, 5) is 26.6. The Balaban J connectivity index is 1.83. The van der Waals surface area contributed by atoms with Crippen LogP contribution in [0.5, 0.6) is 0 Å². The molecule has 3 aromatic rings. The van der Waals surface area contributed by atoms with E-state index in [0.29, 0.717) is 24.0 Å². The molecule has 0 atom stereocenters. The average Bonchev–Trinajstić information content (AvgIpc) is 2.86. The van der Waals surface area contributed by atoms with Crippen LogP contribution in [0, 0.1) is 5.41 Å². The molecule has 0 unspecified atom stereocenters. The van der Waals surface area contributed by atoms with E-state index in [1.807, 2.05) is 72.8 Å². The van der Waals surface area contributed by atoms with E-state index in [-0.39, 0.29) is 11.6 Å². The Morgan fingerprint density at radius 2 is 0.880 bits per heavy atom. The van der Waals surface area contributed by atoms with Gasteiger partial charge < -0.3 is 0 Å². The number of carbonyl (C=O) groups is 2. The molecule has 0 aromatic heterocycles. The monoisotopic (exact) mass is 326 g/mol. The summed E-state index contributed by atoms with van der Waals surface area (Å²) >= 11 is 0. The van der Waals surface area contributed by atoms with E-state index in [0.717, 1.165) is 11.1 Å². The van der Waals surface area contributed by atoms with Crippen LogP contribution in [-0.2, 0) is 12.8 Å². The standard InChI is InChI=1S/C23H18O2/c24-21-19-13-7-8-14-20(19)22(25)23(21,15-17-9-3-1-4-10-17)16-18-11-5-2-6-12-18/h1-14H,15-16H2. The molecule has 0 spiro atoms. The fourth-order valence-corrected chi connectivity index (χ4v) is 3.77. The van der Waals surface area contributed by atoms with E-state index in [1.54, 1.807) is 12.1 Å². The normalized spacial score (nSPS) is 15.2. The Labute approximate surface area is 147 Å². The number of rotatable bonds is 4. The minimum Gasteiger partial charge on any atom is -0.293 e. The van der Waals surface area contributed by atoms with Crippen LogP contribution in [0.25, 0.3) is 0 Å². The number of carbonyl (C=O) groups excluding carboxylic acids is 2. The molecule has 0 saturated heterocycles. The summed E-state index contributed by atoms with van der Waals surface area (Å²) in [5.74, 6) is -0.110. The number of hydrogen-bond donors (Lipinski definition) is 0. The highest BCUT2D eigenvalue weighted by molar-refractivity contribution is 6.29. The van der Waals surface area contributed by atoms with Crippen molar-refractivity contribution in [1.29, 1.82) is 0 Å². The third-order valence-electron chi connectivity index (χ3n) is 4.98. The number of benzene rings is 3. The lowest BCUT2D eigenvalue weighted by molar-refractivity contribution is 0.0695. The number of fused-ring (bicyclic) bond motifs is 1. The van der Waals surface area contributed by atoms with Crippen LogP contribution in [0.2, 0.25) is 0 Å². The van der Waals surface area contributed by atoms with Crippen LogP contribution in [0.15, 0.2) is 84.9 Å². The second kappa shape index (κ2) is 6.14. The second-order valence-corrected chi connectivity index (χ2v) is 6.61.